The first-order chi connectivity index (χ1) is 10.3. The Morgan fingerprint density at radius 3 is 2.76 bits per heavy atom. The lowest BCUT2D eigenvalue weighted by Gasteiger charge is -2.18. The third-order valence-electron chi connectivity index (χ3n) is 3.80. The van der Waals surface area contributed by atoms with Gasteiger partial charge in [0.2, 0.25) is 0 Å². The Bertz CT molecular complexity index is 548. The summed E-state index contributed by atoms with van der Waals surface area (Å²) in [6.45, 7) is 5.68. The van der Waals surface area contributed by atoms with E-state index in [1.807, 2.05) is 18.3 Å². The highest BCUT2D eigenvalue weighted by molar-refractivity contribution is 5.08. The fraction of sp³-hybridized carbons (Fsp3) is 0.471. The Morgan fingerprint density at radius 1 is 1.19 bits per heavy atom. The molecule has 4 heteroatoms. The molecule has 2 heterocycles. The number of furan rings is 1. The summed E-state index contributed by atoms with van der Waals surface area (Å²) in [5.74, 6) is 2.06. The fourth-order valence-electron chi connectivity index (χ4n) is 2.36. The van der Waals surface area contributed by atoms with Crippen LogP contribution in [0.2, 0.25) is 0 Å². The second-order valence-corrected chi connectivity index (χ2v) is 5.65. The van der Waals surface area contributed by atoms with Crippen LogP contribution in [0.3, 0.4) is 0 Å². The Hall–Kier alpha value is -1.65. The molecule has 0 aliphatic heterocycles. The summed E-state index contributed by atoms with van der Waals surface area (Å²) in [5, 5.41) is 3.48. The molecule has 1 aliphatic rings. The first-order valence-corrected chi connectivity index (χ1v) is 7.76. The van der Waals surface area contributed by atoms with Gasteiger partial charge in [-0.25, -0.2) is 0 Å². The fourth-order valence-corrected chi connectivity index (χ4v) is 2.36. The molecule has 0 aromatic carbocycles. The van der Waals surface area contributed by atoms with Gasteiger partial charge in [0.05, 0.1) is 18.8 Å². The number of hydrogen-bond acceptors (Lipinski definition) is 4. The van der Waals surface area contributed by atoms with Gasteiger partial charge in [-0.2, -0.15) is 0 Å². The minimum absolute atomic E-state index is 0.717. The van der Waals surface area contributed by atoms with Gasteiger partial charge >= 0.3 is 0 Å². The Balaban J connectivity index is 1.53. The maximum Gasteiger partial charge on any atom is 0.118 e. The zero-order chi connectivity index (χ0) is 14.5. The predicted molar refractivity (Wildman–Crippen MR) is 82.6 cm³/mol. The van der Waals surface area contributed by atoms with Crippen molar-refractivity contribution in [1.82, 2.24) is 15.2 Å². The van der Waals surface area contributed by atoms with E-state index in [1.165, 1.54) is 12.8 Å². The van der Waals surface area contributed by atoms with Gasteiger partial charge in [0.15, 0.2) is 0 Å². The molecule has 0 atom stereocenters. The average Bonchev–Trinajstić information content (AvgIpc) is 3.25. The monoisotopic (exact) mass is 285 g/mol. The van der Waals surface area contributed by atoms with Crippen molar-refractivity contribution in [3.8, 4) is 0 Å². The largest absolute Gasteiger partial charge is 0.463 e. The third-order valence-corrected chi connectivity index (χ3v) is 3.80. The first-order valence-electron chi connectivity index (χ1n) is 7.76. The average molecular weight is 285 g/mol. The van der Waals surface area contributed by atoms with Crippen LogP contribution in [0.5, 0.6) is 0 Å². The van der Waals surface area contributed by atoms with Crippen LogP contribution in [0.25, 0.3) is 0 Å². The van der Waals surface area contributed by atoms with Gasteiger partial charge in [-0.3, -0.25) is 9.88 Å². The third kappa shape index (κ3) is 4.41. The van der Waals surface area contributed by atoms with Crippen molar-refractivity contribution in [3.05, 3.63) is 53.7 Å². The van der Waals surface area contributed by atoms with E-state index in [0.717, 1.165) is 49.4 Å². The molecule has 0 saturated heterocycles. The summed E-state index contributed by atoms with van der Waals surface area (Å²) < 4.78 is 5.91. The lowest BCUT2D eigenvalue weighted by molar-refractivity contribution is 0.242. The van der Waals surface area contributed by atoms with Gasteiger partial charge in [-0.05, 0) is 43.7 Å². The van der Waals surface area contributed by atoms with E-state index in [9.17, 15) is 0 Å². The zero-order valence-electron chi connectivity index (χ0n) is 12.6. The highest BCUT2D eigenvalue weighted by Gasteiger charge is 2.20. The molecule has 3 rings (SSSR count). The second kappa shape index (κ2) is 6.87. The van der Waals surface area contributed by atoms with Crippen LogP contribution in [0.15, 0.2) is 40.9 Å². The summed E-state index contributed by atoms with van der Waals surface area (Å²) >= 11 is 0. The van der Waals surface area contributed by atoms with E-state index in [4.69, 9.17) is 4.42 Å². The standard InChI is InChI=1S/C17H23N3O/c1-2-20(12-15-5-3-4-10-18-15)13-17-9-8-16(21-17)11-19-14-6-7-14/h3-5,8-10,14,19H,2,6-7,11-13H2,1H3. The molecule has 2 aromatic rings. The van der Waals surface area contributed by atoms with Gasteiger partial charge in [0, 0.05) is 18.8 Å². The Kier molecular flexibility index (Phi) is 4.68. The van der Waals surface area contributed by atoms with E-state index < -0.39 is 0 Å². The lowest BCUT2D eigenvalue weighted by atomic mass is 10.3. The van der Waals surface area contributed by atoms with Crippen molar-refractivity contribution in [2.24, 2.45) is 0 Å². The van der Waals surface area contributed by atoms with E-state index in [-0.39, 0.29) is 0 Å². The minimum atomic E-state index is 0.717. The number of pyridine rings is 1. The topological polar surface area (TPSA) is 41.3 Å². The highest BCUT2D eigenvalue weighted by atomic mass is 16.3. The molecule has 0 spiro atoms. The molecule has 21 heavy (non-hydrogen) atoms. The molecule has 1 aliphatic carbocycles. The van der Waals surface area contributed by atoms with Gasteiger partial charge < -0.3 is 9.73 Å². The molecule has 0 bridgehead atoms. The van der Waals surface area contributed by atoms with Crippen LogP contribution in [0.1, 0.15) is 37.0 Å². The molecule has 1 N–H and O–H groups in total. The first kappa shape index (κ1) is 14.3. The number of hydrogen-bond donors (Lipinski definition) is 1. The number of nitrogens with zero attached hydrogens (tertiary/aromatic N) is 2. The van der Waals surface area contributed by atoms with Crippen molar-refractivity contribution < 1.29 is 4.42 Å². The maximum atomic E-state index is 5.91. The van der Waals surface area contributed by atoms with E-state index in [2.05, 4.69) is 40.3 Å². The number of nitrogens with one attached hydrogen (secondary N) is 1. The van der Waals surface area contributed by atoms with Gasteiger partial charge in [0.1, 0.15) is 11.5 Å². The predicted octanol–water partition coefficient (Wildman–Crippen LogP) is 2.95. The number of aromatic nitrogens is 1. The zero-order valence-corrected chi connectivity index (χ0v) is 12.6. The molecule has 0 radical (unpaired) electrons. The highest BCUT2D eigenvalue weighted by Crippen LogP contribution is 2.20. The smallest absolute Gasteiger partial charge is 0.118 e. The van der Waals surface area contributed by atoms with Crippen LogP contribution >= 0.6 is 0 Å². The van der Waals surface area contributed by atoms with Gasteiger partial charge in [-0.1, -0.05) is 13.0 Å². The summed E-state index contributed by atoms with van der Waals surface area (Å²) in [5.41, 5.74) is 1.10. The molecule has 4 nitrogen and oxygen atoms in total. The molecule has 1 saturated carbocycles. The van der Waals surface area contributed by atoms with Crippen LogP contribution in [0, 0.1) is 0 Å². The van der Waals surface area contributed by atoms with Crippen molar-refractivity contribution in [3.63, 3.8) is 0 Å². The Labute approximate surface area is 126 Å². The molecule has 2 aromatic heterocycles. The second-order valence-electron chi connectivity index (χ2n) is 5.65. The van der Waals surface area contributed by atoms with Crippen molar-refractivity contribution in [2.75, 3.05) is 6.54 Å². The molecule has 0 amide bonds. The minimum Gasteiger partial charge on any atom is -0.463 e. The molecule has 0 unspecified atom stereocenters. The molecule has 112 valence electrons. The maximum absolute atomic E-state index is 5.91. The van der Waals surface area contributed by atoms with Crippen LogP contribution in [-0.4, -0.2) is 22.5 Å². The quantitative estimate of drug-likeness (QED) is 0.809. The summed E-state index contributed by atoms with van der Waals surface area (Å²) in [7, 11) is 0. The van der Waals surface area contributed by atoms with Crippen molar-refractivity contribution in [2.45, 2.75) is 45.4 Å². The summed E-state index contributed by atoms with van der Waals surface area (Å²) in [6.07, 6.45) is 4.46. The normalized spacial score (nSPS) is 14.8. The van der Waals surface area contributed by atoms with Crippen LogP contribution < -0.4 is 5.32 Å². The van der Waals surface area contributed by atoms with Gasteiger partial charge in [-0.15, -0.1) is 0 Å². The van der Waals surface area contributed by atoms with Crippen molar-refractivity contribution in [1.29, 1.82) is 0 Å². The molecule has 1 fully saturated rings. The Morgan fingerprint density at radius 2 is 2.05 bits per heavy atom. The van der Waals surface area contributed by atoms with E-state index in [1.54, 1.807) is 0 Å². The van der Waals surface area contributed by atoms with E-state index in [0.29, 0.717) is 0 Å². The molecular formula is C17H23N3O. The van der Waals surface area contributed by atoms with Gasteiger partial charge in [0.25, 0.3) is 0 Å². The number of rotatable bonds is 8. The van der Waals surface area contributed by atoms with Crippen LogP contribution in [-0.2, 0) is 19.6 Å². The van der Waals surface area contributed by atoms with E-state index >= 15 is 0 Å². The summed E-state index contributed by atoms with van der Waals surface area (Å²) in [6, 6.07) is 10.9. The SMILES string of the molecule is CCN(Cc1ccccn1)Cc1ccc(CNC2CC2)o1. The lowest BCUT2D eigenvalue weighted by Crippen LogP contribution is -2.22. The molecular weight excluding hydrogens is 262 g/mol. The summed E-state index contributed by atoms with van der Waals surface area (Å²) in [4.78, 5) is 6.72. The van der Waals surface area contributed by atoms with Crippen molar-refractivity contribution >= 4 is 0 Å². The van der Waals surface area contributed by atoms with Crippen LogP contribution in [0.4, 0.5) is 0 Å².